The number of amides is 1. The van der Waals surface area contributed by atoms with Gasteiger partial charge in [0.1, 0.15) is 0 Å². The van der Waals surface area contributed by atoms with E-state index in [0.29, 0.717) is 6.54 Å². The van der Waals surface area contributed by atoms with Crippen molar-refractivity contribution in [2.24, 2.45) is 0 Å². The molecule has 4 nitrogen and oxygen atoms in total. The molecule has 0 bridgehead atoms. The highest BCUT2D eigenvalue weighted by Crippen LogP contribution is 2.07. The van der Waals surface area contributed by atoms with E-state index >= 15 is 0 Å². The van der Waals surface area contributed by atoms with Gasteiger partial charge in [0, 0.05) is 12.3 Å². The summed E-state index contributed by atoms with van der Waals surface area (Å²) in [5, 5.41) is 14.6. The first kappa shape index (κ1) is 15.7. The molecule has 0 aliphatic heterocycles. The molecule has 0 fully saturated rings. The van der Waals surface area contributed by atoms with Gasteiger partial charge in [-0.1, -0.05) is 30.5 Å². The van der Waals surface area contributed by atoms with Crippen LogP contribution in [-0.2, 0) is 4.79 Å². The summed E-state index contributed by atoms with van der Waals surface area (Å²) in [6, 6.07) is 7.76. The van der Waals surface area contributed by atoms with Gasteiger partial charge < -0.3 is 15.7 Å². The Balaban J connectivity index is 2.06. The maximum absolute atomic E-state index is 11.6. The fourth-order valence-electron chi connectivity index (χ4n) is 1.76. The molecule has 0 aliphatic carbocycles. The van der Waals surface area contributed by atoms with Crippen LogP contribution in [0, 0.1) is 6.92 Å². The third-order valence-electron chi connectivity index (χ3n) is 2.88. The lowest BCUT2D eigenvalue weighted by molar-refractivity contribution is -0.115. The summed E-state index contributed by atoms with van der Waals surface area (Å²) in [4.78, 5) is 11.6. The smallest absolute Gasteiger partial charge is 0.238 e. The Morgan fingerprint density at radius 1 is 1.11 bits per heavy atom. The minimum Gasteiger partial charge on any atom is -0.396 e. The average Bonchev–Trinajstić information content (AvgIpc) is 2.40. The number of carbonyl (C=O) groups is 1. The highest BCUT2D eigenvalue weighted by atomic mass is 16.2. The monoisotopic (exact) mass is 264 g/mol. The van der Waals surface area contributed by atoms with Gasteiger partial charge in [-0.2, -0.15) is 0 Å². The summed E-state index contributed by atoms with van der Waals surface area (Å²) in [6.45, 7) is 3.47. The lowest BCUT2D eigenvalue weighted by Gasteiger charge is -2.07. The molecular formula is C15H24N2O2. The molecule has 4 heteroatoms. The molecule has 1 aromatic carbocycles. The number of anilines is 1. The van der Waals surface area contributed by atoms with Gasteiger partial charge in [-0.3, -0.25) is 4.79 Å². The number of aryl methyl sites for hydroxylation is 1. The van der Waals surface area contributed by atoms with Crippen LogP contribution in [0.1, 0.15) is 31.2 Å². The van der Waals surface area contributed by atoms with Crippen molar-refractivity contribution in [3.8, 4) is 0 Å². The molecule has 0 aliphatic rings. The second kappa shape index (κ2) is 9.53. The molecule has 0 saturated heterocycles. The van der Waals surface area contributed by atoms with Crippen molar-refractivity contribution in [3.05, 3.63) is 29.8 Å². The van der Waals surface area contributed by atoms with Gasteiger partial charge >= 0.3 is 0 Å². The predicted molar refractivity (Wildman–Crippen MR) is 78.2 cm³/mol. The summed E-state index contributed by atoms with van der Waals surface area (Å²) in [5.41, 5.74) is 2.01. The molecule has 3 N–H and O–H groups in total. The first-order valence-corrected chi connectivity index (χ1v) is 6.90. The van der Waals surface area contributed by atoms with Gasteiger partial charge in [-0.05, 0) is 38.4 Å². The fraction of sp³-hybridized carbons (Fsp3) is 0.533. The molecule has 1 rings (SSSR count). The average molecular weight is 264 g/mol. The highest BCUT2D eigenvalue weighted by molar-refractivity contribution is 5.92. The van der Waals surface area contributed by atoms with Gasteiger partial charge in [-0.25, -0.2) is 0 Å². The van der Waals surface area contributed by atoms with Crippen molar-refractivity contribution < 1.29 is 9.90 Å². The van der Waals surface area contributed by atoms with Gasteiger partial charge in [0.15, 0.2) is 0 Å². The van der Waals surface area contributed by atoms with Crippen molar-refractivity contribution in [3.63, 3.8) is 0 Å². The quantitative estimate of drug-likeness (QED) is 0.598. The molecule has 0 spiro atoms. The second-order valence-corrected chi connectivity index (χ2v) is 4.73. The zero-order valence-electron chi connectivity index (χ0n) is 11.6. The Hall–Kier alpha value is -1.39. The van der Waals surface area contributed by atoms with E-state index in [1.807, 2.05) is 31.2 Å². The molecule has 0 heterocycles. The highest BCUT2D eigenvalue weighted by Gasteiger charge is 2.01. The summed E-state index contributed by atoms with van der Waals surface area (Å²) in [7, 11) is 0. The molecule has 0 atom stereocenters. The van der Waals surface area contributed by atoms with Crippen LogP contribution in [0.4, 0.5) is 5.69 Å². The first-order valence-electron chi connectivity index (χ1n) is 6.90. The maximum atomic E-state index is 11.6. The van der Waals surface area contributed by atoms with E-state index in [4.69, 9.17) is 5.11 Å². The van der Waals surface area contributed by atoms with Crippen LogP contribution in [0.2, 0.25) is 0 Å². The number of unbranched alkanes of at least 4 members (excludes halogenated alkanes) is 3. The standard InChI is InChI=1S/C15H24N2O2/c1-13-6-8-14(9-7-13)17-15(19)12-16-10-4-2-3-5-11-18/h6-9,16,18H,2-5,10-12H2,1H3,(H,17,19). The van der Waals surface area contributed by atoms with Crippen LogP contribution in [-0.4, -0.2) is 30.7 Å². The van der Waals surface area contributed by atoms with Gasteiger partial charge in [0.05, 0.1) is 6.54 Å². The van der Waals surface area contributed by atoms with E-state index < -0.39 is 0 Å². The number of carbonyl (C=O) groups excluding carboxylic acids is 1. The van der Waals surface area contributed by atoms with Crippen molar-refractivity contribution >= 4 is 11.6 Å². The zero-order chi connectivity index (χ0) is 13.9. The number of hydrogen-bond donors (Lipinski definition) is 3. The number of hydrogen-bond acceptors (Lipinski definition) is 3. The Kier molecular flexibility index (Phi) is 7.86. The Bertz CT molecular complexity index is 363. The van der Waals surface area contributed by atoms with Crippen molar-refractivity contribution in [2.75, 3.05) is 25.0 Å². The van der Waals surface area contributed by atoms with E-state index in [1.54, 1.807) is 0 Å². The zero-order valence-corrected chi connectivity index (χ0v) is 11.6. The van der Waals surface area contributed by atoms with Crippen LogP contribution >= 0.6 is 0 Å². The van der Waals surface area contributed by atoms with Crippen LogP contribution in [0.15, 0.2) is 24.3 Å². The molecule has 0 unspecified atom stereocenters. The van der Waals surface area contributed by atoms with Crippen LogP contribution in [0.5, 0.6) is 0 Å². The molecular weight excluding hydrogens is 240 g/mol. The summed E-state index contributed by atoms with van der Waals surface area (Å²) in [5.74, 6) is -0.0146. The largest absolute Gasteiger partial charge is 0.396 e. The second-order valence-electron chi connectivity index (χ2n) is 4.73. The van der Waals surface area contributed by atoms with Crippen LogP contribution < -0.4 is 10.6 Å². The number of nitrogens with one attached hydrogen (secondary N) is 2. The van der Waals surface area contributed by atoms with Gasteiger partial charge in [-0.15, -0.1) is 0 Å². The third kappa shape index (κ3) is 7.59. The van der Waals surface area contributed by atoms with E-state index in [-0.39, 0.29) is 12.5 Å². The molecule has 1 aromatic rings. The minimum atomic E-state index is -0.0146. The number of aliphatic hydroxyl groups is 1. The summed E-state index contributed by atoms with van der Waals surface area (Å²) < 4.78 is 0. The number of aliphatic hydroxyl groups excluding tert-OH is 1. The number of rotatable bonds is 9. The van der Waals surface area contributed by atoms with Gasteiger partial charge in [0.2, 0.25) is 5.91 Å². The van der Waals surface area contributed by atoms with E-state index in [1.165, 1.54) is 5.56 Å². The number of benzene rings is 1. The van der Waals surface area contributed by atoms with Crippen molar-refractivity contribution in [1.29, 1.82) is 0 Å². The molecule has 0 saturated carbocycles. The normalized spacial score (nSPS) is 10.4. The van der Waals surface area contributed by atoms with Crippen LogP contribution in [0.3, 0.4) is 0 Å². The lowest BCUT2D eigenvalue weighted by atomic mass is 10.2. The molecule has 19 heavy (non-hydrogen) atoms. The molecule has 0 aromatic heterocycles. The SMILES string of the molecule is Cc1ccc(NC(=O)CNCCCCCCO)cc1. The minimum absolute atomic E-state index is 0.0146. The Morgan fingerprint density at radius 2 is 1.79 bits per heavy atom. The Labute approximate surface area is 115 Å². The Morgan fingerprint density at radius 3 is 2.47 bits per heavy atom. The van der Waals surface area contributed by atoms with E-state index in [9.17, 15) is 4.79 Å². The summed E-state index contributed by atoms with van der Waals surface area (Å²) in [6.07, 6.45) is 4.05. The molecule has 106 valence electrons. The maximum Gasteiger partial charge on any atom is 0.238 e. The third-order valence-corrected chi connectivity index (χ3v) is 2.88. The van der Waals surface area contributed by atoms with Gasteiger partial charge in [0.25, 0.3) is 0 Å². The first-order chi connectivity index (χ1) is 9.22. The topological polar surface area (TPSA) is 61.4 Å². The fourth-order valence-corrected chi connectivity index (χ4v) is 1.76. The van der Waals surface area contributed by atoms with Crippen molar-refractivity contribution in [1.82, 2.24) is 5.32 Å². The molecule has 0 radical (unpaired) electrons. The van der Waals surface area contributed by atoms with E-state index in [0.717, 1.165) is 37.9 Å². The summed E-state index contributed by atoms with van der Waals surface area (Å²) >= 11 is 0. The van der Waals surface area contributed by atoms with Crippen molar-refractivity contribution in [2.45, 2.75) is 32.6 Å². The molecule has 1 amide bonds. The predicted octanol–water partition coefficient (Wildman–Crippen LogP) is 2.08. The van der Waals surface area contributed by atoms with E-state index in [2.05, 4.69) is 10.6 Å². The van der Waals surface area contributed by atoms with Crippen LogP contribution in [0.25, 0.3) is 0 Å². The lowest BCUT2D eigenvalue weighted by Crippen LogP contribution is -2.28.